The van der Waals surface area contributed by atoms with Crippen molar-refractivity contribution in [1.29, 1.82) is 0 Å². The summed E-state index contributed by atoms with van der Waals surface area (Å²) in [6.45, 7) is 7.44. The van der Waals surface area contributed by atoms with Crippen LogP contribution in [0, 0.1) is 0 Å². The number of hydrogen-bond donors (Lipinski definition) is 3. The molecular weight excluding hydrogens is 198 g/mol. The normalized spacial score (nSPS) is 11.2. The van der Waals surface area contributed by atoms with Crippen LogP contribution in [0.2, 0.25) is 0 Å². The Morgan fingerprint density at radius 2 is 2.00 bits per heavy atom. The van der Waals surface area contributed by atoms with Crippen molar-refractivity contribution < 1.29 is 14.3 Å². The van der Waals surface area contributed by atoms with Crippen molar-refractivity contribution in [3.8, 4) is 0 Å². The van der Waals surface area contributed by atoms with E-state index in [4.69, 9.17) is 15.2 Å². The molecule has 0 aromatic carbocycles. The van der Waals surface area contributed by atoms with Gasteiger partial charge >= 0.3 is 6.09 Å². The van der Waals surface area contributed by atoms with Crippen molar-refractivity contribution in [3.63, 3.8) is 0 Å². The fourth-order valence-electron chi connectivity index (χ4n) is 0.747. The second-order valence-electron chi connectivity index (χ2n) is 3.95. The number of hydrogen-bond acceptors (Lipinski definition) is 5. The van der Waals surface area contributed by atoms with Gasteiger partial charge in [-0.25, -0.2) is 10.2 Å². The maximum absolute atomic E-state index is 11.1. The molecule has 0 aliphatic rings. The third-order valence-corrected chi connectivity index (χ3v) is 1.22. The van der Waals surface area contributed by atoms with E-state index in [1.165, 1.54) is 0 Å². The van der Waals surface area contributed by atoms with E-state index in [2.05, 4.69) is 10.9 Å². The molecule has 6 nitrogen and oxygen atoms in total. The Kier molecular flexibility index (Phi) is 7.02. The summed E-state index contributed by atoms with van der Waals surface area (Å²) in [4.78, 5) is 11.1. The number of nitrogens with one attached hydrogen (secondary N) is 2. The van der Waals surface area contributed by atoms with Crippen LogP contribution in [-0.2, 0) is 9.47 Å². The Labute approximate surface area is 90.5 Å². The van der Waals surface area contributed by atoms with E-state index in [9.17, 15) is 4.79 Å². The van der Waals surface area contributed by atoms with Crippen molar-refractivity contribution in [2.75, 3.05) is 26.3 Å². The summed E-state index contributed by atoms with van der Waals surface area (Å²) in [5.41, 5.74) is 9.81. The Morgan fingerprint density at radius 1 is 1.33 bits per heavy atom. The van der Waals surface area contributed by atoms with Crippen molar-refractivity contribution in [2.24, 2.45) is 5.73 Å². The lowest BCUT2D eigenvalue weighted by molar-refractivity contribution is 0.0488. The average molecular weight is 219 g/mol. The smallest absolute Gasteiger partial charge is 0.422 e. The van der Waals surface area contributed by atoms with E-state index in [1.807, 2.05) is 0 Å². The lowest BCUT2D eigenvalue weighted by Crippen LogP contribution is -2.42. The Hall–Kier alpha value is -0.850. The van der Waals surface area contributed by atoms with Gasteiger partial charge in [-0.1, -0.05) is 0 Å². The standard InChI is InChI=1S/C9H21N3O3/c1-9(2,3)15-8(13)12-11-5-7-14-6-4-10/h11H,4-7,10H2,1-3H3,(H,12,13). The predicted molar refractivity (Wildman–Crippen MR) is 57.2 cm³/mol. The molecule has 0 saturated carbocycles. The first-order valence-corrected chi connectivity index (χ1v) is 4.95. The van der Waals surface area contributed by atoms with Crippen molar-refractivity contribution in [2.45, 2.75) is 26.4 Å². The van der Waals surface area contributed by atoms with Crippen LogP contribution in [0.25, 0.3) is 0 Å². The highest BCUT2D eigenvalue weighted by Crippen LogP contribution is 2.05. The quantitative estimate of drug-likeness (QED) is 0.432. The highest BCUT2D eigenvalue weighted by atomic mass is 16.6. The lowest BCUT2D eigenvalue weighted by atomic mass is 10.2. The zero-order valence-corrected chi connectivity index (χ0v) is 9.63. The molecule has 15 heavy (non-hydrogen) atoms. The second-order valence-corrected chi connectivity index (χ2v) is 3.95. The summed E-state index contributed by atoms with van der Waals surface area (Å²) in [6, 6.07) is 0. The average Bonchev–Trinajstić information content (AvgIpc) is 2.08. The van der Waals surface area contributed by atoms with E-state index in [0.717, 1.165) is 0 Å². The summed E-state index contributed by atoms with van der Waals surface area (Å²) in [5.74, 6) is 0. The molecule has 0 radical (unpaired) electrons. The Bertz CT molecular complexity index is 180. The molecule has 0 atom stereocenters. The van der Waals surface area contributed by atoms with Gasteiger partial charge in [0.2, 0.25) is 0 Å². The molecule has 0 heterocycles. The minimum Gasteiger partial charge on any atom is -0.443 e. The number of ether oxygens (including phenoxy) is 2. The van der Waals surface area contributed by atoms with E-state index in [0.29, 0.717) is 26.3 Å². The van der Waals surface area contributed by atoms with Gasteiger partial charge in [0.1, 0.15) is 5.60 Å². The molecule has 0 rings (SSSR count). The molecule has 0 spiro atoms. The van der Waals surface area contributed by atoms with Gasteiger partial charge in [-0.05, 0) is 20.8 Å². The molecule has 0 saturated heterocycles. The molecule has 0 aromatic rings. The Morgan fingerprint density at radius 3 is 2.53 bits per heavy atom. The second kappa shape index (κ2) is 7.44. The first-order chi connectivity index (χ1) is 6.95. The number of carbonyl (C=O) groups excluding carboxylic acids is 1. The molecular formula is C9H21N3O3. The third kappa shape index (κ3) is 11.1. The van der Waals surface area contributed by atoms with E-state index in [1.54, 1.807) is 20.8 Å². The first kappa shape index (κ1) is 14.2. The largest absolute Gasteiger partial charge is 0.443 e. The molecule has 0 bridgehead atoms. The number of carbonyl (C=O) groups is 1. The SMILES string of the molecule is CC(C)(C)OC(=O)NNCCOCCN. The number of nitrogens with two attached hydrogens (primary N) is 1. The molecule has 0 fully saturated rings. The minimum absolute atomic E-state index is 0.484. The minimum atomic E-state index is -0.499. The van der Waals surface area contributed by atoms with Crippen LogP contribution in [0.1, 0.15) is 20.8 Å². The van der Waals surface area contributed by atoms with Crippen LogP contribution >= 0.6 is 0 Å². The molecule has 1 amide bonds. The van der Waals surface area contributed by atoms with Gasteiger partial charge < -0.3 is 15.2 Å². The van der Waals surface area contributed by atoms with E-state index in [-0.39, 0.29) is 0 Å². The summed E-state index contributed by atoms with van der Waals surface area (Å²) >= 11 is 0. The van der Waals surface area contributed by atoms with Gasteiger partial charge in [0.05, 0.1) is 13.2 Å². The fraction of sp³-hybridized carbons (Fsp3) is 0.889. The molecule has 90 valence electrons. The summed E-state index contributed by atoms with van der Waals surface area (Å²) in [5, 5.41) is 0. The van der Waals surface area contributed by atoms with E-state index >= 15 is 0 Å². The van der Waals surface area contributed by atoms with Crippen LogP contribution in [0.5, 0.6) is 0 Å². The van der Waals surface area contributed by atoms with Crippen molar-refractivity contribution in [3.05, 3.63) is 0 Å². The number of rotatable bonds is 6. The maximum atomic E-state index is 11.1. The Balaban J connectivity index is 3.32. The van der Waals surface area contributed by atoms with Crippen molar-refractivity contribution >= 4 is 6.09 Å². The first-order valence-electron chi connectivity index (χ1n) is 4.95. The molecule has 0 unspecified atom stereocenters. The van der Waals surface area contributed by atoms with Gasteiger partial charge in [0.25, 0.3) is 0 Å². The van der Waals surface area contributed by atoms with Gasteiger partial charge in [-0.3, -0.25) is 5.43 Å². The topological polar surface area (TPSA) is 85.6 Å². The van der Waals surface area contributed by atoms with E-state index < -0.39 is 11.7 Å². The van der Waals surface area contributed by atoms with Crippen molar-refractivity contribution in [1.82, 2.24) is 10.9 Å². The highest BCUT2D eigenvalue weighted by molar-refractivity contribution is 5.66. The van der Waals surface area contributed by atoms with Crippen LogP contribution in [0.4, 0.5) is 4.79 Å². The molecule has 6 heteroatoms. The molecule has 0 aliphatic heterocycles. The zero-order valence-electron chi connectivity index (χ0n) is 9.63. The third-order valence-electron chi connectivity index (χ3n) is 1.22. The number of hydrazine groups is 1. The fourth-order valence-corrected chi connectivity index (χ4v) is 0.747. The van der Waals surface area contributed by atoms with Gasteiger partial charge in [0.15, 0.2) is 0 Å². The summed E-state index contributed by atoms with van der Waals surface area (Å²) in [6.07, 6.45) is -0.499. The van der Waals surface area contributed by atoms with Crippen LogP contribution in [0.15, 0.2) is 0 Å². The van der Waals surface area contributed by atoms with Crippen LogP contribution in [-0.4, -0.2) is 38.0 Å². The lowest BCUT2D eigenvalue weighted by Gasteiger charge is -2.19. The molecule has 0 aromatic heterocycles. The van der Waals surface area contributed by atoms with Crippen LogP contribution < -0.4 is 16.6 Å². The highest BCUT2D eigenvalue weighted by Gasteiger charge is 2.15. The monoisotopic (exact) mass is 219 g/mol. The molecule has 0 aliphatic carbocycles. The summed E-state index contributed by atoms with van der Waals surface area (Å²) in [7, 11) is 0. The van der Waals surface area contributed by atoms with Gasteiger partial charge in [0, 0.05) is 13.1 Å². The van der Waals surface area contributed by atoms with Gasteiger partial charge in [-0.15, -0.1) is 0 Å². The van der Waals surface area contributed by atoms with Crippen LogP contribution in [0.3, 0.4) is 0 Å². The predicted octanol–water partition coefficient (Wildman–Crippen LogP) is -0.00900. The van der Waals surface area contributed by atoms with Gasteiger partial charge in [-0.2, -0.15) is 0 Å². The number of amides is 1. The zero-order chi connectivity index (χ0) is 11.7. The maximum Gasteiger partial charge on any atom is 0.422 e. The molecule has 4 N–H and O–H groups in total. The summed E-state index contributed by atoms with van der Waals surface area (Å²) < 4.78 is 10.1.